The number of hydrogen-bond donors (Lipinski definition) is 1. The first kappa shape index (κ1) is 19.1. The van der Waals surface area contributed by atoms with E-state index in [1.807, 2.05) is 50.2 Å². The Morgan fingerprint density at radius 3 is 2.52 bits per heavy atom. The van der Waals surface area contributed by atoms with Crippen molar-refractivity contribution in [3.05, 3.63) is 58.7 Å². The lowest BCUT2D eigenvalue weighted by molar-refractivity contribution is 0.391. The third-order valence-corrected chi connectivity index (χ3v) is 4.38. The van der Waals surface area contributed by atoms with Crippen LogP contribution in [0.4, 0.5) is 5.82 Å². The predicted molar refractivity (Wildman–Crippen MR) is 108 cm³/mol. The van der Waals surface area contributed by atoms with Gasteiger partial charge in [0.15, 0.2) is 0 Å². The number of halogens is 1. The van der Waals surface area contributed by atoms with Crippen molar-refractivity contribution in [1.29, 1.82) is 0 Å². The molecule has 4 nitrogen and oxygen atoms in total. The summed E-state index contributed by atoms with van der Waals surface area (Å²) >= 11 is 3.58. The monoisotopic (exact) mass is 402 g/mol. The molecule has 0 aliphatic rings. The zero-order valence-corrected chi connectivity index (χ0v) is 16.6. The van der Waals surface area contributed by atoms with Crippen molar-refractivity contribution < 1.29 is 9.47 Å². The van der Waals surface area contributed by atoms with Crippen molar-refractivity contribution in [2.45, 2.75) is 20.4 Å². The van der Waals surface area contributed by atoms with Gasteiger partial charge < -0.3 is 14.8 Å². The molecule has 3 rings (SSSR count). The van der Waals surface area contributed by atoms with E-state index in [0.29, 0.717) is 6.54 Å². The lowest BCUT2D eigenvalue weighted by atomic mass is 10.1. The molecule has 0 aliphatic heterocycles. The smallest absolute Gasteiger partial charge is 0.134 e. The minimum Gasteiger partial charge on any atom is -0.497 e. The van der Waals surface area contributed by atoms with Gasteiger partial charge in [0.2, 0.25) is 0 Å². The summed E-state index contributed by atoms with van der Waals surface area (Å²) in [5.74, 6) is 2.41. The van der Waals surface area contributed by atoms with Crippen LogP contribution in [0, 0.1) is 0 Å². The number of fused-ring (bicyclic) bond motifs is 1. The molecule has 0 amide bonds. The Labute approximate surface area is 157 Å². The first-order chi connectivity index (χ1) is 12.2. The van der Waals surface area contributed by atoms with Gasteiger partial charge in [0.25, 0.3) is 0 Å². The van der Waals surface area contributed by atoms with Gasteiger partial charge in [0.1, 0.15) is 17.3 Å². The molecule has 0 atom stereocenters. The van der Waals surface area contributed by atoms with E-state index in [1.54, 1.807) is 20.4 Å². The molecule has 0 saturated carbocycles. The first-order valence-corrected chi connectivity index (χ1v) is 9.00. The van der Waals surface area contributed by atoms with Gasteiger partial charge in [-0.25, -0.2) is 4.98 Å². The molecule has 5 heteroatoms. The van der Waals surface area contributed by atoms with Crippen LogP contribution >= 0.6 is 15.9 Å². The molecule has 0 bridgehead atoms. The summed E-state index contributed by atoms with van der Waals surface area (Å²) in [6.07, 6.45) is 1.81. The number of hydrogen-bond acceptors (Lipinski definition) is 4. The third-order valence-electron chi connectivity index (χ3n) is 3.69. The number of nitrogens with zero attached hydrogens (tertiary/aromatic N) is 1. The highest BCUT2D eigenvalue weighted by atomic mass is 79.9. The summed E-state index contributed by atoms with van der Waals surface area (Å²) in [6.45, 7) is 4.62. The fourth-order valence-corrected chi connectivity index (χ4v) is 2.98. The Morgan fingerprint density at radius 1 is 1.00 bits per heavy atom. The molecule has 1 heterocycles. The molecule has 1 N–H and O–H groups in total. The third kappa shape index (κ3) is 4.42. The minimum atomic E-state index is 0.617. The van der Waals surface area contributed by atoms with Gasteiger partial charge in [-0.15, -0.1) is 0 Å². The second-order valence-electron chi connectivity index (χ2n) is 5.03. The largest absolute Gasteiger partial charge is 0.497 e. The molecular weight excluding hydrogens is 380 g/mol. The second-order valence-corrected chi connectivity index (χ2v) is 5.88. The fourth-order valence-electron chi connectivity index (χ4n) is 2.49. The van der Waals surface area contributed by atoms with E-state index in [9.17, 15) is 0 Å². The average Bonchev–Trinajstić information content (AvgIpc) is 2.68. The fraction of sp³-hybridized carbons (Fsp3) is 0.250. The van der Waals surface area contributed by atoms with Gasteiger partial charge in [0, 0.05) is 39.6 Å². The molecule has 0 radical (unpaired) electrons. The van der Waals surface area contributed by atoms with Crippen LogP contribution in [0.25, 0.3) is 10.8 Å². The Morgan fingerprint density at radius 2 is 1.80 bits per heavy atom. The quantitative estimate of drug-likeness (QED) is 0.598. The molecule has 0 fully saturated rings. The van der Waals surface area contributed by atoms with E-state index >= 15 is 0 Å². The number of pyridine rings is 1. The van der Waals surface area contributed by atoms with Gasteiger partial charge >= 0.3 is 0 Å². The van der Waals surface area contributed by atoms with Crippen molar-refractivity contribution in [3.8, 4) is 11.5 Å². The van der Waals surface area contributed by atoms with E-state index in [0.717, 1.165) is 38.1 Å². The van der Waals surface area contributed by atoms with Crippen molar-refractivity contribution in [3.63, 3.8) is 0 Å². The van der Waals surface area contributed by atoms with Gasteiger partial charge in [-0.05, 0) is 24.3 Å². The Hall–Kier alpha value is -2.27. The lowest BCUT2D eigenvalue weighted by Gasteiger charge is -2.13. The van der Waals surface area contributed by atoms with Crippen LogP contribution in [-0.2, 0) is 6.54 Å². The first-order valence-electron chi connectivity index (χ1n) is 8.21. The number of rotatable bonds is 5. The van der Waals surface area contributed by atoms with E-state index < -0.39 is 0 Å². The van der Waals surface area contributed by atoms with Gasteiger partial charge in [-0.3, -0.25) is 0 Å². The van der Waals surface area contributed by atoms with Crippen LogP contribution in [0.2, 0.25) is 0 Å². The highest BCUT2D eigenvalue weighted by Gasteiger charge is 2.08. The summed E-state index contributed by atoms with van der Waals surface area (Å²) in [7, 11) is 3.30. The van der Waals surface area contributed by atoms with Gasteiger partial charge in [-0.2, -0.15) is 0 Å². The highest BCUT2D eigenvalue weighted by Crippen LogP contribution is 2.29. The highest BCUT2D eigenvalue weighted by molar-refractivity contribution is 9.10. The summed E-state index contributed by atoms with van der Waals surface area (Å²) in [4.78, 5) is 4.45. The van der Waals surface area contributed by atoms with Crippen molar-refractivity contribution in [1.82, 2.24) is 4.98 Å². The maximum absolute atomic E-state index is 5.43. The molecule has 25 heavy (non-hydrogen) atoms. The molecule has 0 aliphatic carbocycles. The van der Waals surface area contributed by atoms with E-state index in [1.165, 1.54) is 0 Å². The SMILES string of the molecule is CC.COc1ccc(CNc2nccc3c(Br)cccc23)c(OC)c1. The zero-order chi connectivity index (χ0) is 18.2. The van der Waals surface area contributed by atoms with E-state index in [2.05, 4.69) is 32.3 Å². The molecular formula is C20H23BrN2O2. The normalized spacial score (nSPS) is 9.96. The van der Waals surface area contributed by atoms with Crippen LogP contribution in [0.5, 0.6) is 11.5 Å². The summed E-state index contributed by atoms with van der Waals surface area (Å²) < 4.78 is 11.7. The minimum absolute atomic E-state index is 0.617. The Balaban J connectivity index is 0.00000109. The van der Waals surface area contributed by atoms with E-state index in [4.69, 9.17) is 9.47 Å². The van der Waals surface area contributed by atoms with Gasteiger partial charge in [-0.1, -0.05) is 41.9 Å². The Bertz CT molecular complexity index is 837. The number of anilines is 1. The summed E-state index contributed by atoms with van der Waals surface area (Å²) in [6, 6.07) is 13.9. The zero-order valence-electron chi connectivity index (χ0n) is 15.0. The molecule has 132 valence electrons. The molecule has 3 aromatic rings. The Kier molecular flexibility index (Phi) is 7.07. The number of benzene rings is 2. The van der Waals surface area contributed by atoms with Crippen LogP contribution in [0.15, 0.2) is 53.1 Å². The average molecular weight is 403 g/mol. The molecule has 0 saturated heterocycles. The van der Waals surface area contributed by atoms with Crippen molar-refractivity contribution in [2.75, 3.05) is 19.5 Å². The molecule has 1 aromatic heterocycles. The van der Waals surface area contributed by atoms with Crippen LogP contribution in [0.1, 0.15) is 19.4 Å². The summed E-state index contributed by atoms with van der Waals surface area (Å²) in [5.41, 5.74) is 1.04. The van der Waals surface area contributed by atoms with Crippen LogP contribution in [0.3, 0.4) is 0 Å². The molecule has 2 aromatic carbocycles. The number of ether oxygens (including phenoxy) is 2. The molecule has 0 unspecified atom stereocenters. The van der Waals surface area contributed by atoms with E-state index in [-0.39, 0.29) is 0 Å². The van der Waals surface area contributed by atoms with Crippen molar-refractivity contribution in [2.24, 2.45) is 0 Å². The van der Waals surface area contributed by atoms with Crippen LogP contribution < -0.4 is 14.8 Å². The number of methoxy groups -OCH3 is 2. The maximum atomic E-state index is 5.43. The van der Waals surface area contributed by atoms with Crippen molar-refractivity contribution >= 4 is 32.5 Å². The number of aromatic nitrogens is 1. The van der Waals surface area contributed by atoms with Gasteiger partial charge in [0.05, 0.1) is 14.2 Å². The number of nitrogens with one attached hydrogen (secondary N) is 1. The summed E-state index contributed by atoms with van der Waals surface area (Å²) in [5, 5.41) is 5.60. The molecule has 0 spiro atoms. The maximum Gasteiger partial charge on any atom is 0.134 e. The second kappa shape index (κ2) is 9.28. The predicted octanol–water partition coefficient (Wildman–Crippen LogP) is 5.65. The lowest BCUT2D eigenvalue weighted by Crippen LogP contribution is -2.04. The topological polar surface area (TPSA) is 43.4 Å². The standard InChI is InChI=1S/C18H17BrN2O2.C2H6/c1-22-13-7-6-12(17(10-13)23-2)11-21-18-15-4-3-5-16(19)14(15)8-9-20-18;1-2/h3-10H,11H2,1-2H3,(H,20,21);1-2H3. The van der Waals surface area contributed by atoms with Crippen LogP contribution in [-0.4, -0.2) is 19.2 Å².